The summed E-state index contributed by atoms with van der Waals surface area (Å²) in [5, 5.41) is 8.06. The van der Waals surface area contributed by atoms with Gasteiger partial charge < -0.3 is 5.32 Å². The molecule has 1 atom stereocenters. The van der Waals surface area contributed by atoms with Gasteiger partial charge in [0, 0.05) is 30.9 Å². The van der Waals surface area contributed by atoms with Crippen molar-refractivity contribution in [3.8, 4) is 5.69 Å². The van der Waals surface area contributed by atoms with E-state index in [1.165, 1.54) is 24.9 Å². The first-order valence-electron chi connectivity index (χ1n) is 7.76. The van der Waals surface area contributed by atoms with Gasteiger partial charge in [0.1, 0.15) is 0 Å². The van der Waals surface area contributed by atoms with Gasteiger partial charge in [-0.05, 0) is 45.5 Å². The molecule has 1 aliphatic heterocycles. The third-order valence-corrected chi connectivity index (χ3v) is 4.33. The highest BCUT2D eigenvalue weighted by Crippen LogP contribution is 2.17. The van der Waals surface area contributed by atoms with Gasteiger partial charge in [-0.2, -0.15) is 5.10 Å². The third-order valence-electron chi connectivity index (χ3n) is 4.33. The molecule has 0 spiro atoms. The lowest BCUT2D eigenvalue weighted by molar-refractivity contribution is 0.187. The van der Waals surface area contributed by atoms with Crippen molar-refractivity contribution in [3.63, 3.8) is 0 Å². The molecule has 1 aliphatic rings. The number of hydrogen-bond acceptors (Lipinski definition) is 3. The van der Waals surface area contributed by atoms with E-state index >= 15 is 0 Å². The van der Waals surface area contributed by atoms with Crippen molar-refractivity contribution in [1.29, 1.82) is 0 Å². The number of hydrogen-bond donors (Lipinski definition) is 1. The summed E-state index contributed by atoms with van der Waals surface area (Å²) in [6.45, 7) is 5.42. The Morgan fingerprint density at radius 2 is 2.05 bits per heavy atom. The summed E-state index contributed by atoms with van der Waals surface area (Å²) in [6.07, 6.45) is 4.74. The van der Waals surface area contributed by atoms with Crippen LogP contribution in [0.15, 0.2) is 36.5 Å². The van der Waals surface area contributed by atoms with Crippen LogP contribution in [0, 0.1) is 6.92 Å². The summed E-state index contributed by atoms with van der Waals surface area (Å²) < 4.78 is 1.99. The fourth-order valence-electron chi connectivity index (χ4n) is 3.04. The van der Waals surface area contributed by atoms with Gasteiger partial charge in [-0.1, -0.05) is 18.2 Å². The zero-order chi connectivity index (χ0) is 14.7. The lowest BCUT2D eigenvalue weighted by atomic mass is 10.1. The van der Waals surface area contributed by atoms with Crippen molar-refractivity contribution in [1.82, 2.24) is 20.0 Å². The van der Waals surface area contributed by atoms with E-state index < -0.39 is 0 Å². The Morgan fingerprint density at radius 1 is 1.27 bits per heavy atom. The van der Waals surface area contributed by atoms with Crippen LogP contribution in [0.25, 0.3) is 5.69 Å². The number of nitrogens with zero attached hydrogens (tertiary/aromatic N) is 3. The molecule has 1 aromatic heterocycles. The number of aryl methyl sites for hydroxylation is 1. The maximum Gasteiger partial charge on any atom is 0.0645 e. The fraction of sp³-hybridized carbons (Fsp3) is 0.471. The zero-order valence-corrected chi connectivity index (χ0v) is 14.1. The molecule has 0 aliphatic carbocycles. The van der Waals surface area contributed by atoms with E-state index in [4.69, 9.17) is 0 Å². The van der Waals surface area contributed by atoms with E-state index in [2.05, 4.69) is 47.6 Å². The van der Waals surface area contributed by atoms with Crippen molar-refractivity contribution >= 4 is 12.4 Å². The average Bonchev–Trinajstić information content (AvgIpc) is 2.89. The molecule has 0 radical (unpaired) electrons. The average molecular weight is 321 g/mol. The van der Waals surface area contributed by atoms with Gasteiger partial charge in [0.15, 0.2) is 0 Å². The maximum atomic E-state index is 4.66. The Morgan fingerprint density at radius 3 is 2.77 bits per heavy atom. The van der Waals surface area contributed by atoms with E-state index in [9.17, 15) is 0 Å². The van der Waals surface area contributed by atoms with Gasteiger partial charge in [-0.25, -0.2) is 4.68 Å². The number of benzene rings is 1. The van der Waals surface area contributed by atoms with Crippen molar-refractivity contribution in [2.24, 2.45) is 0 Å². The largest absolute Gasteiger partial charge is 0.316 e. The molecule has 0 amide bonds. The third kappa shape index (κ3) is 3.88. The van der Waals surface area contributed by atoms with Gasteiger partial charge in [-0.15, -0.1) is 12.4 Å². The van der Waals surface area contributed by atoms with Crippen LogP contribution in [-0.4, -0.2) is 40.9 Å². The van der Waals surface area contributed by atoms with E-state index in [0.717, 1.165) is 24.5 Å². The molecule has 1 saturated heterocycles. The summed E-state index contributed by atoms with van der Waals surface area (Å²) in [4.78, 5) is 2.53. The van der Waals surface area contributed by atoms with Crippen LogP contribution in [0.5, 0.6) is 0 Å². The van der Waals surface area contributed by atoms with Crippen LogP contribution < -0.4 is 5.32 Å². The summed E-state index contributed by atoms with van der Waals surface area (Å²) in [5.41, 5.74) is 3.58. The van der Waals surface area contributed by atoms with Crippen LogP contribution in [0.2, 0.25) is 0 Å². The van der Waals surface area contributed by atoms with Crippen molar-refractivity contribution in [3.05, 3.63) is 47.8 Å². The zero-order valence-electron chi connectivity index (χ0n) is 13.3. The standard InChI is InChI=1S/C17H24N4.ClH/c1-14-15(11-20-10-6-7-16(13-20)18-2)12-21(19-14)17-8-4-3-5-9-17;/h3-5,8-9,12,16,18H,6-7,10-11,13H2,1-2H3;1H. The Kier molecular flexibility index (Phi) is 6.00. The number of aromatic nitrogens is 2. The fourth-order valence-corrected chi connectivity index (χ4v) is 3.04. The maximum absolute atomic E-state index is 4.66. The smallest absolute Gasteiger partial charge is 0.0645 e. The van der Waals surface area contributed by atoms with E-state index in [0.29, 0.717) is 6.04 Å². The first kappa shape index (κ1) is 17.0. The molecule has 1 unspecified atom stereocenters. The summed E-state index contributed by atoms with van der Waals surface area (Å²) in [5.74, 6) is 0. The number of para-hydroxylation sites is 1. The molecule has 4 nitrogen and oxygen atoms in total. The highest BCUT2D eigenvalue weighted by atomic mass is 35.5. The van der Waals surface area contributed by atoms with Crippen LogP contribution >= 0.6 is 12.4 Å². The topological polar surface area (TPSA) is 33.1 Å². The normalized spacial score (nSPS) is 18.9. The molecule has 1 fully saturated rings. The van der Waals surface area contributed by atoms with Gasteiger partial charge in [0.2, 0.25) is 0 Å². The van der Waals surface area contributed by atoms with E-state index in [-0.39, 0.29) is 12.4 Å². The Balaban J connectivity index is 0.00000176. The van der Waals surface area contributed by atoms with E-state index in [1.54, 1.807) is 0 Å². The first-order chi connectivity index (χ1) is 10.3. The highest BCUT2D eigenvalue weighted by Gasteiger charge is 2.19. The van der Waals surface area contributed by atoms with E-state index in [1.807, 2.05) is 22.9 Å². The van der Waals surface area contributed by atoms with Gasteiger partial charge in [-0.3, -0.25) is 4.90 Å². The second-order valence-corrected chi connectivity index (χ2v) is 5.88. The molecule has 2 heterocycles. The quantitative estimate of drug-likeness (QED) is 0.940. The minimum Gasteiger partial charge on any atom is -0.316 e. The van der Waals surface area contributed by atoms with Gasteiger partial charge >= 0.3 is 0 Å². The Hall–Kier alpha value is -1.36. The molecule has 2 aromatic rings. The van der Waals surface area contributed by atoms with Crippen molar-refractivity contribution in [2.45, 2.75) is 32.4 Å². The summed E-state index contributed by atoms with van der Waals surface area (Å²) in [7, 11) is 2.06. The first-order valence-corrected chi connectivity index (χ1v) is 7.76. The molecule has 22 heavy (non-hydrogen) atoms. The predicted molar refractivity (Wildman–Crippen MR) is 92.9 cm³/mol. The second kappa shape index (κ2) is 7.77. The summed E-state index contributed by atoms with van der Waals surface area (Å²) in [6, 6.07) is 10.9. The number of halogens is 1. The monoisotopic (exact) mass is 320 g/mol. The molecule has 3 rings (SSSR count). The molecule has 1 N–H and O–H groups in total. The minimum atomic E-state index is 0. The molecular weight excluding hydrogens is 296 g/mol. The highest BCUT2D eigenvalue weighted by molar-refractivity contribution is 5.85. The van der Waals surface area contributed by atoms with Gasteiger partial charge in [0.25, 0.3) is 0 Å². The predicted octanol–water partition coefficient (Wildman–Crippen LogP) is 2.79. The molecule has 120 valence electrons. The lowest BCUT2D eigenvalue weighted by Crippen LogP contribution is -2.43. The van der Waals surface area contributed by atoms with Crippen LogP contribution in [0.3, 0.4) is 0 Å². The minimum absolute atomic E-state index is 0. The molecule has 0 bridgehead atoms. The van der Waals surface area contributed by atoms with Crippen LogP contribution in [-0.2, 0) is 6.54 Å². The molecule has 1 aromatic carbocycles. The molecule has 5 heteroatoms. The lowest BCUT2D eigenvalue weighted by Gasteiger charge is -2.32. The number of rotatable bonds is 4. The van der Waals surface area contributed by atoms with Crippen LogP contribution in [0.1, 0.15) is 24.1 Å². The number of likely N-dealkylation sites (tertiary alicyclic amines) is 1. The molecular formula is C17H25ClN4. The van der Waals surface area contributed by atoms with Crippen molar-refractivity contribution < 1.29 is 0 Å². The van der Waals surface area contributed by atoms with Gasteiger partial charge in [0.05, 0.1) is 11.4 Å². The summed E-state index contributed by atoms with van der Waals surface area (Å²) >= 11 is 0. The second-order valence-electron chi connectivity index (χ2n) is 5.88. The molecule has 0 saturated carbocycles. The Bertz CT molecular complexity index is 582. The Labute approximate surface area is 138 Å². The van der Waals surface area contributed by atoms with Crippen LogP contribution in [0.4, 0.5) is 0 Å². The SMILES string of the molecule is CNC1CCCN(Cc2cn(-c3ccccc3)nc2C)C1.Cl. The number of likely N-dealkylation sites (N-methyl/N-ethyl adjacent to an activating group) is 1. The number of piperidine rings is 1. The van der Waals surface area contributed by atoms with Crippen molar-refractivity contribution in [2.75, 3.05) is 20.1 Å². The number of nitrogens with one attached hydrogen (secondary N) is 1.